The van der Waals surface area contributed by atoms with Crippen molar-refractivity contribution < 1.29 is 5.11 Å². The molecular weight excluding hydrogens is 244 g/mol. The molecule has 0 fully saturated rings. The van der Waals surface area contributed by atoms with E-state index in [1.807, 2.05) is 0 Å². The summed E-state index contributed by atoms with van der Waals surface area (Å²) in [6.07, 6.45) is 1.21. The fraction of sp³-hybridized carbons (Fsp3) is 0.667. The van der Waals surface area contributed by atoms with E-state index in [1.54, 1.807) is 6.92 Å². The standard InChI is InChI=1S/C6H7Cl4NO/c1-5(8)4(7)11-3(12)2-6(5,9)10/h2,4,11-12H,1H3. The van der Waals surface area contributed by atoms with Crippen molar-refractivity contribution in [2.75, 3.05) is 0 Å². The molecule has 2 unspecified atom stereocenters. The van der Waals surface area contributed by atoms with Gasteiger partial charge in [-0.3, -0.25) is 0 Å². The number of hydrogen-bond donors (Lipinski definition) is 2. The van der Waals surface area contributed by atoms with Gasteiger partial charge in [0.25, 0.3) is 0 Å². The molecular formula is C6H7Cl4NO. The molecule has 2 N–H and O–H groups in total. The molecule has 0 amide bonds. The van der Waals surface area contributed by atoms with E-state index < -0.39 is 14.7 Å². The SMILES string of the molecule is CC1(Cl)C(Cl)NC(O)=CC1(Cl)Cl. The summed E-state index contributed by atoms with van der Waals surface area (Å²) in [6, 6.07) is 0. The van der Waals surface area contributed by atoms with Crippen molar-refractivity contribution in [2.24, 2.45) is 0 Å². The molecule has 0 bridgehead atoms. The van der Waals surface area contributed by atoms with Crippen molar-refractivity contribution in [3.05, 3.63) is 12.0 Å². The average molecular weight is 251 g/mol. The maximum absolute atomic E-state index is 9.09. The van der Waals surface area contributed by atoms with Crippen molar-refractivity contribution in [1.82, 2.24) is 5.32 Å². The molecule has 2 atom stereocenters. The van der Waals surface area contributed by atoms with Crippen LogP contribution in [0.25, 0.3) is 0 Å². The Hall–Kier alpha value is 0.500. The van der Waals surface area contributed by atoms with Gasteiger partial charge in [-0.05, 0) is 6.92 Å². The number of aliphatic hydroxyl groups excluding tert-OH is 1. The first-order chi connectivity index (χ1) is 5.27. The maximum Gasteiger partial charge on any atom is 0.184 e. The summed E-state index contributed by atoms with van der Waals surface area (Å²) in [5.41, 5.74) is -0.723. The third-order valence-electron chi connectivity index (χ3n) is 1.72. The van der Waals surface area contributed by atoms with Gasteiger partial charge in [0, 0.05) is 6.08 Å². The molecule has 0 radical (unpaired) electrons. The van der Waals surface area contributed by atoms with Crippen molar-refractivity contribution in [3.63, 3.8) is 0 Å². The quantitative estimate of drug-likeness (QED) is 0.512. The monoisotopic (exact) mass is 249 g/mol. The highest BCUT2D eigenvalue weighted by Crippen LogP contribution is 2.46. The van der Waals surface area contributed by atoms with Gasteiger partial charge in [0.05, 0.1) is 0 Å². The Kier molecular flexibility index (Phi) is 2.66. The Balaban J connectivity index is 3.06. The summed E-state index contributed by atoms with van der Waals surface area (Å²) in [5, 5.41) is 11.6. The topological polar surface area (TPSA) is 32.3 Å². The zero-order valence-corrected chi connectivity index (χ0v) is 9.14. The molecule has 1 rings (SSSR count). The largest absolute Gasteiger partial charge is 0.495 e. The van der Waals surface area contributed by atoms with Crippen LogP contribution in [-0.4, -0.2) is 19.8 Å². The fourth-order valence-corrected chi connectivity index (χ4v) is 1.72. The molecule has 1 heterocycles. The second-order valence-electron chi connectivity index (χ2n) is 2.74. The highest BCUT2D eigenvalue weighted by atomic mass is 35.5. The minimum Gasteiger partial charge on any atom is -0.495 e. The number of hydrogen-bond acceptors (Lipinski definition) is 2. The first-order valence-corrected chi connectivity index (χ1v) is 4.73. The van der Waals surface area contributed by atoms with Gasteiger partial charge >= 0.3 is 0 Å². The summed E-state index contributed by atoms with van der Waals surface area (Å²) in [5.74, 6) is -0.168. The second-order valence-corrected chi connectivity index (χ2v) is 5.34. The van der Waals surface area contributed by atoms with E-state index in [9.17, 15) is 0 Å². The van der Waals surface area contributed by atoms with Gasteiger partial charge in [0.15, 0.2) is 10.2 Å². The molecule has 2 nitrogen and oxygen atoms in total. The molecule has 0 aromatic carbocycles. The maximum atomic E-state index is 9.09. The number of aliphatic hydroxyl groups is 1. The number of halogens is 4. The van der Waals surface area contributed by atoms with Crippen molar-refractivity contribution >= 4 is 46.4 Å². The molecule has 0 saturated heterocycles. The van der Waals surface area contributed by atoms with E-state index in [1.165, 1.54) is 6.08 Å². The van der Waals surface area contributed by atoms with Crippen LogP contribution in [0.1, 0.15) is 6.92 Å². The molecule has 0 aliphatic carbocycles. The van der Waals surface area contributed by atoms with Crippen molar-refractivity contribution in [3.8, 4) is 0 Å². The summed E-state index contributed by atoms with van der Waals surface area (Å²) < 4.78 is -1.38. The summed E-state index contributed by atoms with van der Waals surface area (Å²) >= 11 is 23.4. The lowest BCUT2D eigenvalue weighted by Crippen LogP contribution is -2.54. The molecule has 12 heavy (non-hydrogen) atoms. The van der Waals surface area contributed by atoms with Gasteiger partial charge in [-0.25, -0.2) is 0 Å². The molecule has 1 aliphatic heterocycles. The minimum atomic E-state index is -1.38. The predicted molar refractivity (Wildman–Crippen MR) is 52.2 cm³/mol. The zero-order chi connectivity index (χ0) is 9.57. The molecule has 0 spiro atoms. The van der Waals surface area contributed by atoms with Crippen molar-refractivity contribution in [1.29, 1.82) is 0 Å². The van der Waals surface area contributed by atoms with E-state index in [2.05, 4.69) is 5.32 Å². The Labute approximate surface area is 90.4 Å². The Morgan fingerprint density at radius 1 is 1.50 bits per heavy atom. The van der Waals surface area contributed by atoms with Crippen LogP contribution in [0, 0.1) is 0 Å². The number of allylic oxidation sites excluding steroid dienone is 1. The van der Waals surface area contributed by atoms with Crippen LogP contribution in [0.3, 0.4) is 0 Å². The van der Waals surface area contributed by atoms with Crippen LogP contribution in [0.5, 0.6) is 0 Å². The summed E-state index contributed by atoms with van der Waals surface area (Å²) in [6.45, 7) is 1.59. The third-order valence-corrected chi connectivity index (χ3v) is 4.09. The highest BCUT2D eigenvalue weighted by Gasteiger charge is 2.51. The van der Waals surface area contributed by atoms with E-state index in [0.717, 1.165) is 0 Å². The molecule has 0 aromatic rings. The van der Waals surface area contributed by atoms with Crippen LogP contribution < -0.4 is 5.32 Å². The van der Waals surface area contributed by atoms with Gasteiger partial charge in [-0.2, -0.15) is 0 Å². The zero-order valence-electron chi connectivity index (χ0n) is 6.11. The van der Waals surface area contributed by atoms with Gasteiger partial charge < -0.3 is 10.4 Å². The van der Waals surface area contributed by atoms with Gasteiger partial charge in [-0.1, -0.05) is 34.8 Å². The molecule has 6 heteroatoms. The lowest BCUT2D eigenvalue weighted by Gasteiger charge is -2.40. The highest BCUT2D eigenvalue weighted by molar-refractivity contribution is 6.56. The van der Waals surface area contributed by atoms with E-state index in [4.69, 9.17) is 51.5 Å². The van der Waals surface area contributed by atoms with Gasteiger partial charge in [0.1, 0.15) is 10.4 Å². The molecule has 70 valence electrons. The van der Waals surface area contributed by atoms with E-state index in [-0.39, 0.29) is 5.88 Å². The molecule has 1 aliphatic rings. The fourth-order valence-electron chi connectivity index (χ4n) is 0.789. The van der Waals surface area contributed by atoms with Crippen LogP contribution in [0.4, 0.5) is 0 Å². The average Bonchev–Trinajstić information content (AvgIpc) is 1.82. The minimum absolute atomic E-state index is 0.168. The van der Waals surface area contributed by atoms with E-state index in [0.29, 0.717) is 0 Å². The lowest BCUT2D eigenvalue weighted by atomic mass is 10.0. The lowest BCUT2D eigenvalue weighted by molar-refractivity contribution is 0.318. The summed E-state index contributed by atoms with van der Waals surface area (Å²) in [4.78, 5) is -1.07. The Bertz CT molecular complexity index is 226. The van der Waals surface area contributed by atoms with Crippen LogP contribution in [-0.2, 0) is 0 Å². The second kappa shape index (κ2) is 3.02. The van der Waals surface area contributed by atoms with Crippen LogP contribution >= 0.6 is 46.4 Å². The molecule has 0 saturated carbocycles. The smallest absolute Gasteiger partial charge is 0.184 e. The third kappa shape index (κ3) is 1.58. The molecule has 0 aromatic heterocycles. The Morgan fingerprint density at radius 3 is 2.42 bits per heavy atom. The number of rotatable bonds is 0. The predicted octanol–water partition coefficient (Wildman–Crippen LogP) is 2.73. The number of nitrogens with one attached hydrogen (secondary N) is 1. The first kappa shape index (κ1) is 10.6. The Morgan fingerprint density at radius 2 is 2.00 bits per heavy atom. The van der Waals surface area contributed by atoms with Crippen LogP contribution in [0.2, 0.25) is 0 Å². The van der Waals surface area contributed by atoms with E-state index >= 15 is 0 Å². The normalized spacial score (nSPS) is 40.1. The van der Waals surface area contributed by atoms with Crippen LogP contribution in [0.15, 0.2) is 12.0 Å². The number of alkyl halides is 4. The summed E-state index contributed by atoms with van der Waals surface area (Å²) in [7, 11) is 0. The van der Waals surface area contributed by atoms with Gasteiger partial charge in [0.2, 0.25) is 0 Å². The first-order valence-electron chi connectivity index (χ1n) is 3.16. The van der Waals surface area contributed by atoms with Crippen molar-refractivity contribution in [2.45, 2.75) is 21.6 Å². The van der Waals surface area contributed by atoms with Gasteiger partial charge in [-0.15, -0.1) is 11.6 Å².